The molecule has 5 amide bonds. The van der Waals surface area contributed by atoms with Gasteiger partial charge in [-0.15, -0.1) is 0 Å². The van der Waals surface area contributed by atoms with E-state index < -0.39 is 24.0 Å². The van der Waals surface area contributed by atoms with Gasteiger partial charge in [0, 0.05) is 24.1 Å². The number of nitrogens with zero attached hydrogens (tertiary/aromatic N) is 4. The van der Waals surface area contributed by atoms with E-state index in [9.17, 15) is 14.4 Å². The quantitative estimate of drug-likeness (QED) is 0.817. The number of aliphatic imine (C=N–C) groups is 1. The zero-order valence-corrected chi connectivity index (χ0v) is 13.8. The number of fused-ring (bicyclic) bond motifs is 1. The molecule has 0 aromatic heterocycles. The summed E-state index contributed by atoms with van der Waals surface area (Å²) in [5.41, 5.74) is 0.635. The van der Waals surface area contributed by atoms with E-state index in [-0.39, 0.29) is 12.4 Å². The Balaban J connectivity index is 1.94. The third kappa shape index (κ3) is 2.46. The van der Waals surface area contributed by atoms with Crippen LogP contribution in [0.4, 0.5) is 9.59 Å². The van der Waals surface area contributed by atoms with Gasteiger partial charge in [0.2, 0.25) is 0 Å². The lowest BCUT2D eigenvalue weighted by Crippen LogP contribution is -2.62. The highest BCUT2D eigenvalue weighted by atomic mass is 35.5. The molecule has 0 saturated carbocycles. The molecule has 1 saturated heterocycles. The minimum absolute atomic E-state index is 0.0914. The van der Waals surface area contributed by atoms with E-state index in [1.165, 1.54) is 23.9 Å². The summed E-state index contributed by atoms with van der Waals surface area (Å²) in [7, 11) is 2.84. The predicted octanol–water partition coefficient (Wildman–Crippen LogP) is 2.22. The van der Waals surface area contributed by atoms with E-state index in [0.717, 1.165) is 4.90 Å². The average molecular weight is 355 g/mol. The summed E-state index contributed by atoms with van der Waals surface area (Å²) in [6.07, 6.45) is 0. The number of carbonyl (C=O) groups excluding carboxylic acids is 3. The Kier molecular flexibility index (Phi) is 3.77. The molecule has 1 aromatic rings. The summed E-state index contributed by atoms with van der Waals surface area (Å²) in [5, 5.41) is 0.863. The van der Waals surface area contributed by atoms with Crippen molar-refractivity contribution in [3.8, 4) is 0 Å². The molecule has 1 atom stereocenters. The van der Waals surface area contributed by atoms with Crippen molar-refractivity contribution in [2.24, 2.45) is 4.99 Å². The van der Waals surface area contributed by atoms with Crippen molar-refractivity contribution in [2.45, 2.75) is 12.6 Å². The Bertz CT molecular complexity index is 764. The van der Waals surface area contributed by atoms with Crippen LogP contribution in [0, 0.1) is 0 Å². The molecule has 9 heteroatoms. The van der Waals surface area contributed by atoms with Gasteiger partial charge in [0.05, 0.1) is 6.54 Å². The number of amidine groups is 1. The van der Waals surface area contributed by atoms with Crippen LogP contribution in [0.1, 0.15) is 5.56 Å². The highest BCUT2D eigenvalue weighted by Gasteiger charge is 2.49. The van der Waals surface area contributed by atoms with E-state index in [1.807, 2.05) is 0 Å². The molecule has 7 nitrogen and oxygen atoms in total. The fourth-order valence-corrected chi connectivity index (χ4v) is 3.04. The molecule has 0 spiro atoms. The van der Waals surface area contributed by atoms with E-state index in [2.05, 4.69) is 4.99 Å². The SMILES string of the molecule is CN1C(=O)C2C(=NC(=O)N2Cc2ccc(Cl)cc2Cl)N(C)C1=O. The molecule has 1 unspecified atom stereocenters. The van der Waals surface area contributed by atoms with Crippen molar-refractivity contribution >= 4 is 47.0 Å². The maximum Gasteiger partial charge on any atom is 0.346 e. The van der Waals surface area contributed by atoms with Crippen LogP contribution in [0.15, 0.2) is 23.2 Å². The second-order valence-electron chi connectivity index (χ2n) is 5.26. The topological polar surface area (TPSA) is 73.3 Å². The highest BCUT2D eigenvalue weighted by Crippen LogP contribution is 2.28. The first-order chi connectivity index (χ1) is 10.8. The number of rotatable bonds is 2. The van der Waals surface area contributed by atoms with Crippen molar-refractivity contribution in [1.29, 1.82) is 0 Å². The summed E-state index contributed by atoms with van der Waals surface area (Å²) in [6, 6.07) is 2.85. The first-order valence-corrected chi connectivity index (χ1v) is 7.45. The lowest BCUT2D eigenvalue weighted by atomic mass is 10.1. The number of carbonyl (C=O) groups is 3. The molecule has 2 aliphatic rings. The molecule has 23 heavy (non-hydrogen) atoms. The Hall–Kier alpha value is -2.12. The summed E-state index contributed by atoms with van der Waals surface area (Å²) in [5.74, 6) is -0.365. The van der Waals surface area contributed by atoms with Crippen molar-refractivity contribution in [2.75, 3.05) is 14.1 Å². The second kappa shape index (κ2) is 5.50. The summed E-state index contributed by atoms with van der Waals surface area (Å²) < 4.78 is 0. The van der Waals surface area contributed by atoms with Gasteiger partial charge in [-0.2, -0.15) is 4.99 Å². The van der Waals surface area contributed by atoms with Gasteiger partial charge in [-0.3, -0.25) is 19.5 Å². The van der Waals surface area contributed by atoms with Crippen LogP contribution in [0.2, 0.25) is 10.0 Å². The molecular weight excluding hydrogens is 343 g/mol. The van der Waals surface area contributed by atoms with Crippen LogP contribution < -0.4 is 0 Å². The van der Waals surface area contributed by atoms with Crippen molar-refractivity contribution in [3.05, 3.63) is 33.8 Å². The molecule has 1 fully saturated rings. The van der Waals surface area contributed by atoms with Crippen molar-refractivity contribution < 1.29 is 14.4 Å². The van der Waals surface area contributed by atoms with E-state index in [1.54, 1.807) is 18.2 Å². The number of hydrogen-bond acceptors (Lipinski definition) is 3. The number of hydrogen-bond donors (Lipinski definition) is 0. The van der Waals surface area contributed by atoms with Gasteiger partial charge >= 0.3 is 12.1 Å². The maximum absolute atomic E-state index is 12.4. The molecule has 0 bridgehead atoms. The maximum atomic E-state index is 12.4. The number of imide groups is 1. The zero-order chi connectivity index (χ0) is 16.9. The summed E-state index contributed by atoms with van der Waals surface area (Å²) in [4.78, 5) is 43.8. The Morgan fingerprint density at radius 3 is 2.48 bits per heavy atom. The highest BCUT2D eigenvalue weighted by molar-refractivity contribution is 6.35. The van der Waals surface area contributed by atoms with Crippen LogP contribution in [0.5, 0.6) is 0 Å². The summed E-state index contributed by atoms with van der Waals surface area (Å²) in [6.45, 7) is 0.0914. The minimum atomic E-state index is -0.929. The number of likely N-dealkylation sites (N-methyl/N-ethyl adjacent to an activating group) is 2. The fourth-order valence-electron chi connectivity index (χ4n) is 2.57. The molecule has 120 valence electrons. The minimum Gasteiger partial charge on any atom is -0.299 e. The lowest BCUT2D eigenvalue weighted by Gasteiger charge is -2.36. The number of amides is 5. The van der Waals surface area contributed by atoms with E-state index >= 15 is 0 Å². The fraction of sp³-hybridized carbons (Fsp3) is 0.286. The largest absolute Gasteiger partial charge is 0.346 e. The van der Waals surface area contributed by atoms with Gasteiger partial charge < -0.3 is 0 Å². The second-order valence-corrected chi connectivity index (χ2v) is 6.10. The van der Waals surface area contributed by atoms with Crippen molar-refractivity contribution in [1.82, 2.24) is 14.7 Å². The number of halogens is 2. The van der Waals surface area contributed by atoms with Gasteiger partial charge in [0.1, 0.15) is 0 Å². The molecular formula is C14H12Cl2N4O3. The molecule has 1 aromatic carbocycles. The first-order valence-electron chi connectivity index (χ1n) is 6.69. The lowest BCUT2D eigenvalue weighted by molar-refractivity contribution is -0.131. The van der Waals surface area contributed by atoms with Gasteiger partial charge in [-0.05, 0) is 17.7 Å². The van der Waals surface area contributed by atoms with E-state index in [4.69, 9.17) is 23.2 Å². The molecule has 2 heterocycles. The summed E-state index contributed by atoms with van der Waals surface area (Å²) >= 11 is 12.0. The Morgan fingerprint density at radius 2 is 1.83 bits per heavy atom. The third-order valence-corrected chi connectivity index (χ3v) is 4.44. The molecule has 0 aliphatic carbocycles. The molecule has 0 radical (unpaired) electrons. The van der Waals surface area contributed by atoms with Gasteiger partial charge in [-0.25, -0.2) is 9.59 Å². The molecule has 0 N–H and O–H groups in total. The van der Waals surface area contributed by atoms with Crippen LogP contribution >= 0.6 is 23.2 Å². The standard InChI is InChI=1S/C14H12Cl2N4O3/c1-18-11-10(12(21)19(2)14(18)23)20(13(22)17-11)6-7-3-4-8(15)5-9(7)16/h3-5,10H,6H2,1-2H3. The van der Waals surface area contributed by atoms with Crippen LogP contribution in [-0.2, 0) is 11.3 Å². The van der Waals surface area contributed by atoms with E-state index in [0.29, 0.717) is 15.6 Å². The average Bonchev–Trinajstić information content (AvgIpc) is 2.83. The van der Waals surface area contributed by atoms with Gasteiger partial charge in [0.15, 0.2) is 11.9 Å². The number of urea groups is 2. The monoisotopic (exact) mass is 354 g/mol. The van der Waals surface area contributed by atoms with Gasteiger partial charge in [0.25, 0.3) is 5.91 Å². The normalized spacial score (nSPS) is 21.0. The van der Waals surface area contributed by atoms with Crippen LogP contribution in [-0.4, -0.2) is 58.6 Å². The van der Waals surface area contributed by atoms with Gasteiger partial charge in [-0.1, -0.05) is 29.3 Å². The Labute approximate surface area is 142 Å². The smallest absolute Gasteiger partial charge is 0.299 e. The van der Waals surface area contributed by atoms with Crippen LogP contribution in [0.3, 0.4) is 0 Å². The predicted molar refractivity (Wildman–Crippen MR) is 84.6 cm³/mol. The molecule has 3 rings (SSSR count). The van der Waals surface area contributed by atoms with Crippen molar-refractivity contribution in [3.63, 3.8) is 0 Å². The zero-order valence-electron chi connectivity index (χ0n) is 12.3. The first kappa shape index (κ1) is 15.8. The number of benzene rings is 1. The Morgan fingerprint density at radius 1 is 1.13 bits per heavy atom. The molecule has 2 aliphatic heterocycles. The third-order valence-electron chi connectivity index (χ3n) is 3.85. The van der Waals surface area contributed by atoms with Crippen LogP contribution in [0.25, 0.3) is 0 Å².